The fraction of sp³-hybridized carbons (Fsp3) is 0.571. The lowest BCUT2D eigenvalue weighted by molar-refractivity contribution is 0.203. The van der Waals surface area contributed by atoms with E-state index >= 15 is 0 Å². The fourth-order valence-corrected chi connectivity index (χ4v) is 1.56. The maximum atomic E-state index is 5.86. The van der Waals surface area contributed by atoms with Crippen LogP contribution in [-0.4, -0.2) is 25.8 Å². The molecule has 1 unspecified atom stereocenters. The quantitative estimate of drug-likeness (QED) is 0.705. The van der Waals surface area contributed by atoms with E-state index in [2.05, 4.69) is 19.2 Å². The monoisotopic (exact) mass is 237 g/mol. The molecule has 0 bridgehead atoms. The molecule has 0 amide bonds. The van der Waals surface area contributed by atoms with Crippen LogP contribution in [0.1, 0.15) is 27.2 Å². The molecule has 0 radical (unpaired) electrons. The van der Waals surface area contributed by atoms with Gasteiger partial charge in [-0.25, -0.2) is 0 Å². The molecule has 1 aromatic carbocycles. The van der Waals surface area contributed by atoms with E-state index in [9.17, 15) is 0 Å². The molecule has 0 saturated heterocycles. The van der Waals surface area contributed by atoms with E-state index in [0.717, 1.165) is 31.0 Å². The van der Waals surface area contributed by atoms with Crippen molar-refractivity contribution in [3.63, 3.8) is 0 Å². The third kappa shape index (κ3) is 5.09. The number of nitrogens with one attached hydrogen (secondary N) is 1. The topological polar surface area (TPSA) is 30.5 Å². The van der Waals surface area contributed by atoms with Crippen molar-refractivity contribution in [2.24, 2.45) is 0 Å². The van der Waals surface area contributed by atoms with Crippen molar-refractivity contribution in [1.29, 1.82) is 0 Å². The summed E-state index contributed by atoms with van der Waals surface area (Å²) < 4.78 is 11.4. The van der Waals surface area contributed by atoms with E-state index in [1.54, 1.807) is 0 Å². The summed E-state index contributed by atoms with van der Waals surface area (Å²) in [5, 5.41) is 3.34. The van der Waals surface area contributed by atoms with Gasteiger partial charge in [0.05, 0.1) is 6.61 Å². The largest absolute Gasteiger partial charge is 0.490 e. The first-order chi connectivity index (χ1) is 8.27. The molecule has 0 aromatic heterocycles. The van der Waals surface area contributed by atoms with Crippen LogP contribution in [0.25, 0.3) is 0 Å². The molecule has 1 N–H and O–H groups in total. The Morgan fingerprint density at radius 3 is 2.53 bits per heavy atom. The number of benzene rings is 1. The van der Waals surface area contributed by atoms with Gasteiger partial charge in [-0.1, -0.05) is 19.1 Å². The zero-order chi connectivity index (χ0) is 12.5. The van der Waals surface area contributed by atoms with Gasteiger partial charge in [0.25, 0.3) is 0 Å². The lowest BCUT2D eigenvalue weighted by Gasteiger charge is -2.17. The molecule has 1 aromatic rings. The molecule has 96 valence electrons. The van der Waals surface area contributed by atoms with Crippen LogP contribution in [0, 0.1) is 0 Å². The molecule has 0 heterocycles. The van der Waals surface area contributed by atoms with Gasteiger partial charge in [0.15, 0.2) is 11.5 Å². The zero-order valence-electron chi connectivity index (χ0n) is 11.0. The Hall–Kier alpha value is -1.22. The van der Waals surface area contributed by atoms with Gasteiger partial charge in [0.1, 0.15) is 6.10 Å². The van der Waals surface area contributed by atoms with Gasteiger partial charge in [-0.05, 0) is 38.9 Å². The maximum absolute atomic E-state index is 5.86. The van der Waals surface area contributed by atoms with E-state index < -0.39 is 0 Å². The number of hydrogen-bond donors (Lipinski definition) is 1. The van der Waals surface area contributed by atoms with Crippen LogP contribution in [0.5, 0.6) is 11.5 Å². The normalized spacial score (nSPS) is 12.2. The number of ether oxygens (including phenoxy) is 2. The second-order valence-corrected chi connectivity index (χ2v) is 4.01. The Kier molecular flexibility index (Phi) is 6.48. The van der Waals surface area contributed by atoms with Crippen molar-refractivity contribution in [2.75, 3.05) is 19.7 Å². The highest BCUT2D eigenvalue weighted by molar-refractivity contribution is 5.39. The third-order valence-corrected chi connectivity index (χ3v) is 2.34. The molecule has 0 aliphatic carbocycles. The van der Waals surface area contributed by atoms with Crippen LogP contribution in [0.15, 0.2) is 24.3 Å². The van der Waals surface area contributed by atoms with Gasteiger partial charge in [-0.3, -0.25) is 0 Å². The summed E-state index contributed by atoms with van der Waals surface area (Å²) >= 11 is 0. The molecule has 0 saturated carbocycles. The molecule has 1 atom stereocenters. The van der Waals surface area contributed by atoms with Crippen molar-refractivity contribution in [1.82, 2.24) is 5.32 Å². The Bertz CT molecular complexity index is 315. The number of rotatable bonds is 8. The molecule has 0 fully saturated rings. The van der Waals surface area contributed by atoms with Crippen LogP contribution in [-0.2, 0) is 0 Å². The third-order valence-electron chi connectivity index (χ3n) is 2.34. The Balaban J connectivity index is 2.48. The predicted molar refractivity (Wildman–Crippen MR) is 70.9 cm³/mol. The van der Waals surface area contributed by atoms with Crippen LogP contribution in [0.4, 0.5) is 0 Å². The van der Waals surface area contributed by atoms with E-state index in [0.29, 0.717) is 6.61 Å². The van der Waals surface area contributed by atoms with E-state index in [4.69, 9.17) is 9.47 Å². The van der Waals surface area contributed by atoms with Crippen LogP contribution in [0.3, 0.4) is 0 Å². The predicted octanol–water partition coefficient (Wildman–Crippen LogP) is 2.85. The van der Waals surface area contributed by atoms with Gasteiger partial charge in [0, 0.05) is 6.54 Å². The number of hydrogen-bond acceptors (Lipinski definition) is 3. The van der Waals surface area contributed by atoms with Gasteiger partial charge in [-0.15, -0.1) is 0 Å². The molecular formula is C14H23NO2. The molecule has 0 spiro atoms. The standard InChI is InChI=1S/C14H23NO2/c1-4-10-15-11-12(3)17-14-9-7-6-8-13(14)16-5-2/h6-9,12,15H,4-5,10-11H2,1-3H3. The van der Waals surface area contributed by atoms with Crippen molar-refractivity contribution >= 4 is 0 Å². The highest BCUT2D eigenvalue weighted by atomic mass is 16.5. The van der Waals surface area contributed by atoms with Crippen LogP contribution >= 0.6 is 0 Å². The minimum atomic E-state index is 0.142. The summed E-state index contributed by atoms with van der Waals surface area (Å²) in [4.78, 5) is 0. The van der Waals surface area contributed by atoms with Crippen LogP contribution in [0.2, 0.25) is 0 Å². The van der Waals surface area contributed by atoms with E-state index in [1.807, 2.05) is 31.2 Å². The summed E-state index contributed by atoms with van der Waals surface area (Å²) in [6.45, 7) is 8.73. The van der Waals surface area contributed by atoms with E-state index in [1.165, 1.54) is 0 Å². The van der Waals surface area contributed by atoms with Crippen molar-refractivity contribution in [2.45, 2.75) is 33.3 Å². The Morgan fingerprint density at radius 1 is 1.18 bits per heavy atom. The maximum Gasteiger partial charge on any atom is 0.161 e. The summed E-state index contributed by atoms with van der Waals surface area (Å²) in [5.41, 5.74) is 0. The molecule has 0 aliphatic heterocycles. The summed E-state index contributed by atoms with van der Waals surface area (Å²) in [6, 6.07) is 7.80. The lowest BCUT2D eigenvalue weighted by Crippen LogP contribution is -2.29. The second kappa shape index (κ2) is 7.96. The highest BCUT2D eigenvalue weighted by Gasteiger charge is 2.08. The first-order valence-corrected chi connectivity index (χ1v) is 6.37. The second-order valence-electron chi connectivity index (χ2n) is 4.01. The molecule has 3 nitrogen and oxygen atoms in total. The minimum Gasteiger partial charge on any atom is -0.490 e. The summed E-state index contributed by atoms with van der Waals surface area (Å²) in [5.74, 6) is 1.64. The lowest BCUT2D eigenvalue weighted by atomic mass is 10.3. The summed E-state index contributed by atoms with van der Waals surface area (Å²) in [7, 11) is 0. The fourth-order valence-electron chi connectivity index (χ4n) is 1.56. The van der Waals surface area contributed by atoms with Gasteiger partial charge >= 0.3 is 0 Å². The average molecular weight is 237 g/mol. The molecule has 0 aliphatic rings. The van der Waals surface area contributed by atoms with Gasteiger partial charge in [-0.2, -0.15) is 0 Å². The van der Waals surface area contributed by atoms with Gasteiger partial charge < -0.3 is 14.8 Å². The first-order valence-electron chi connectivity index (χ1n) is 6.37. The zero-order valence-corrected chi connectivity index (χ0v) is 11.0. The molecule has 3 heteroatoms. The van der Waals surface area contributed by atoms with Crippen molar-refractivity contribution in [3.8, 4) is 11.5 Å². The average Bonchev–Trinajstić information content (AvgIpc) is 2.32. The van der Waals surface area contributed by atoms with Crippen LogP contribution < -0.4 is 14.8 Å². The Morgan fingerprint density at radius 2 is 1.88 bits per heavy atom. The molecular weight excluding hydrogens is 214 g/mol. The number of para-hydroxylation sites is 2. The Labute approximate surface area is 104 Å². The van der Waals surface area contributed by atoms with Crippen molar-refractivity contribution in [3.05, 3.63) is 24.3 Å². The van der Waals surface area contributed by atoms with Crippen molar-refractivity contribution < 1.29 is 9.47 Å². The highest BCUT2D eigenvalue weighted by Crippen LogP contribution is 2.27. The summed E-state index contributed by atoms with van der Waals surface area (Å²) in [6.07, 6.45) is 1.28. The SMILES string of the molecule is CCCNCC(C)Oc1ccccc1OCC. The molecule has 17 heavy (non-hydrogen) atoms. The minimum absolute atomic E-state index is 0.142. The van der Waals surface area contributed by atoms with E-state index in [-0.39, 0.29) is 6.10 Å². The smallest absolute Gasteiger partial charge is 0.161 e. The first kappa shape index (κ1) is 13.8. The molecule has 1 rings (SSSR count). The van der Waals surface area contributed by atoms with Gasteiger partial charge in [0.2, 0.25) is 0 Å².